The van der Waals surface area contributed by atoms with Gasteiger partial charge in [0.1, 0.15) is 6.26 Å². The zero-order valence-corrected chi connectivity index (χ0v) is 11.0. The monoisotopic (exact) mass is 242 g/mol. The summed E-state index contributed by atoms with van der Waals surface area (Å²) in [6, 6.07) is 0. The molecule has 4 heteroatoms. The van der Waals surface area contributed by atoms with E-state index in [2.05, 4.69) is 13.8 Å². The highest BCUT2D eigenvalue weighted by molar-refractivity contribution is 5.45. The lowest BCUT2D eigenvalue weighted by Gasteiger charge is -2.08. The van der Waals surface area contributed by atoms with E-state index in [-0.39, 0.29) is 0 Å². The SMILES string of the molecule is CCCOc1coc(OCCC)c1OCCC. The minimum Gasteiger partial charge on any atom is -0.487 e. The molecule has 1 rings (SSSR count). The minimum absolute atomic E-state index is 0.423. The summed E-state index contributed by atoms with van der Waals surface area (Å²) in [5.74, 6) is 1.64. The highest BCUT2D eigenvalue weighted by Crippen LogP contribution is 2.40. The first-order valence-corrected chi connectivity index (χ1v) is 6.33. The van der Waals surface area contributed by atoms with Crippen LogP contribution < -0.4 is 14.2 Å². The number of rotatable bonds is 9. The molecular formula is C13H22O4. The number of furan rings is 1. The van der Waals surface area contributed by atoms with Gasteiger partial charge in [-0.3, -0.25) is 0 Å². The molecule has 0 saturated carbocycles. The maximum Gasteiger partial charge on any atom is 0.332 e. The van der Waals surface area contributed by atoms with Crippen LogP contribution in [0.4, 0.5) is 0 Å². The zero-order valence-electron chi connectivity index (χ0n) is 11.0. The third-order valence-electron chi connectivity index (χ3n) is 2.03. The number of hydrogen-bond donors (Lipinski definition) is 0. The molecule has 4 nitrogen and oxygen atoms in total. The second kappa shape index (κ2) is 7.87. The molecule has 98 valence electrons. The van der Waals surface area contributed by atoms with Crippen LogP contribution in [0.25, 0.3) is 0 Å². The van der Waals surface area contributed by atoms with Crippen molar-refractivity contribution in [3.05, 3.63) is 6.26 Å². The summed E-state index contributed by atoms with van der Waals surface area (Å²) in [6.45, 7) is 8.05. The van der Waals surface area contributed by atoms with Gasteiger partial charge in [0.15, 0.2) is 0 Å². The molecule has 0 radical (unpaired) electrons. The molecule has 0 spiro atoms. The lowest BCUT2D eigenvalue weighted by molar-refractivity contribution is 0.214. The summed E-state index contributed by atoms with van der Waals surface area (Å²) in [6.07, 6.45) is 4.36. The second-order valence-electron chi connectivity index (χ2n) is 3.76. The third-order valence-corrected chi connectivity index (χ3v) is 2.03. The van der Waals surface area contributed by atoms with Gasteiger partial charge in [-0.15, -0.1) is 0 Å². The van der Waals surface area contributed by atoms with E-state index in [1.165, 1.54) is 0 Å². The maximum absolute atomic E-state index is 5.61. The van der Waals surface area contributed by atoms with Gasteiger partial charge >= 0.3 is 5.95 Å². The molecular weight excluding hydrogens is 220 g/mol. The van der Waals surface area contributed by atoms with E-state index in [0.29, 0.717) is 37.3 Å². The van der Waals surface area contributed by atoms with Gasteiger partial charge < -0.3 is 18.6 Å². The van der Waals surface area contributed by atoms with E-state index in [4.69, 9.17) is 18.6 Å². The lowest BCUT2D eigenvalue weighted by atomic mass is 10.4. The molecule has 0 aliphatic rings. The summed E-state index contributed by atoms with van der Waals surface area (Å²) in [5, 5.41) is 0. The lowest BCUT2D eigenvalue weighted by Crippen LogP contribution is -2.01. The average molecular weight is 242 g/mol. The van der Waals surface area contributed by atoms with Gasteiger partial charge in [-0.25, -0.2) is 0 Å². The van der Waals surface area contributed by atoms with Crippen molar-refractivity contribution in [1.82, 2.24) is 0 Å². The van der Waals surface area contributed by atoms with Crippen LogP contribution in [0.5, 0.6) is 17.4 Å². The Morgan fingerprint density at radius 2 is 1.47 bits per heavy atom. The van der Waals surface area contributed by atoms with Crippen LogP contribution in [-0.2, 0) is 0 Å². The molecule has 0 atom stereocenters. The summed E-state index contributed by atoms with van der Waals surface area (Å²) in [7, 11) is 0. The summed E-state index contributed by atoms with van der Waals surface area (Å²) in [4.78, 5) is 0. The van der Waals surface area contributed by atoms with Crippen molar-refractivity contribution in [1.29, 1.82) is 0 Å². The zero-order chi connectivity index (χ0) is 12.5. The van der Waals surface area contributed by atoms with Crippen LogP contribution >= 0.6 is 0 Å². The largest absolute Gasteiger partial charge is 0.487 e. The van der Waals surface area contributed by atoms with Crippen LogP contribution in [-0.4, -0.2) is 19.8 Å². The predicted molar refractivity (Wildman–Crippen MR) is 66.1 cm³/mol. The first kappa shape index (κ1) is 13.7. The molecule has 1 aromatic rings. The topological polar surface area (TPSA) is 40.8 Å². The molecule has 0 bridgehead atoms. The fourth-order valence-electron chi connectivity index (χ4n) is 1.25. The Hall–Kier alpha value is -1.32. The van der Waals surface area contributed by atoms with E-state index >= 15 is 0 Å². The second-order valence-corrected chi connectivity index (χ2v) is 3.76. The normalized spacial score (nSPS) is 10.3. The molecule has 1 heterocycles. The van der Waals surface area contributed by atoms with Crippen molar-refractivity contribution in [2.45, 2.75) is 40.0 Å². The van der Waals surface area contributed by atoms with Gasteiger partial charge in [0.05, 0.1) is 19.8 Å². The van der Waals surface area contributed by atoms with Gasteiger partial charge in [0, 0.05) is 0 Å². The Kier molecular flexibility index (Phi) is 6.37. The summed E-state index contributed by atoms with van der Waals surface area (Å²) < 4.78 is 21.9. The van der Waals surface area contributed by atoms with Crippen LogP contribution in [0, 0.1) is 0 Å². The van der Waals surface area contributed by atoms with Crippen molar-refractivity contribution < 1.29 is 18.6 Å². The van der Waals surface area contributed by atoms with E-state index in [9.17, 15) is 0 Å². The van der Waals surface area contributed by atoms with E-state index in [1.54, 1.807) is 6.26 Å². The summed E-state index contributed by atoms with van der Waals surface area (Å²) in [5.41, 5.74) is 0. The highest BCUT2D eigenvalue weighted by atomic mass is 16.6. The van der Waals surface area contributed by atoms with Gasteiger partial charge in [-0.05, 0) is 19.3 Å². The average Bonchev–Trinajstić information content (AvgIpc) is 2.73. The number of hydrogen-bond acceptors (Lipinski definition) is 4. The van der Waals surface area contributed by atoms with Crippen LogP contribution in [0.15, 0.2) is 10.7 Å². The molecule has 0 amide bonds. The van der Waals surface area contributed by atoms with E-state index in [0.717, 1.165) is 19.3 Å². The smallest absolute Gasteiger partial charge is 0.332 e. The standard InChI is InChI=1S/C13H22O4/c1-4-7-14-11-10-17-13(16-9-6-3)12(11)15-8-5-2/h10H,4-9H2,1-3H3. The summed E-state index contributed by atoms with van der Waals surface area (Å²) >= 11 is 0. The number of ether oxygens (including phenoxy) is 3. The Labute approximate surface area is 103 Å². The van der Waals surface area contributed by atoms with Gasteiger partial charge in [-0.2, -0.15) is 0 Å². The van der Waals surface area contributed by atoms with Crippen LogP contribution in [0.2, 0.25) is 0 Å². The third kappa shape index (κ3) is 4.21. The molecule has 0 fully saturated rings. The van der Waals surface area contributed by atoms with Crippen molar-refractivity contribution >= 4 is 0 Å². The van der Waals surface area contributed by atoms with Crippen molar-refractivity contribution in [2.24, 2.45) is 0 Å². The van der Waals surface area contributed by atoms with Crippen molar-refractivity contribution in [3.8, 4) is 17.4 Å². The first-order chi connectivity index (χ1) is 8.33. The highest BCUT2D eigenvalue weighted by Gasteiger charge is 2.18. The maximum atomic E-state index is 5.61. The Bertz CT molecular complexity index is 281. The van der Waals surface area contributed by atoms with E-state index in [1.807, 2.05) is 6.92 Å². The molecule has 0 aliphatic carbocycles. The van der Waals surface area contributed by atoms with Crippen molar-refractivity contribution in [3.63, 3.8) is 0 Å². The first-order valence-electron chi connectivity index (χ1n) is 6.33. The predicted octanol–water partition coefficient (Wildman–Crippen LogP) is 3.65. The van der Waals surface area contributed by atoms with Crippen molar-refractivity contribution in [2.75, 3.05) is 19.8 Å². The van der Waals surface area contributed by atoms with Crippen LogP contribution in [0.3, 0.4) is 0 Å². The Balaban J connectivity index is 2.70. The van der Waals surface area contributed by atoms with Gasteiger partial charge in [0.2, 0.25) is 11.5 Å². The van der Waals surface area contributed by atoms with Gasteiger partial charge in [0.25, 0.3) is 0 Å². The van der Waals surface area contributed by atoms with E-state index < -0.39 is 0 Å². The Morgan fingerprint density at radius 1 is 0.882 bits per heavy atom. The molecule has 0 aromatic carbocycles. The van der Waals surface area contributed by atoms with Gasteiger partial charge in [-0.1, -0.05) is 20.8 Å². The fourth-order valence-corrected chi connectivity index (χ4v) is 1.25. The molecule has 17 heavy (non-hydrogen) atoms. The fraction of sp³-hybridized carbons (Fsp3) is 0.692. The molecule has 0 aliphatic heterocycles. The van der Waals surface area contributed by atoms with Crippen LogP contribution in [0.1, 0.15) is 40.0 Å². The molecule has 0 unspecified atom stereocenters. The molecule has 0 saturated heterocycles. The molecule has 1 aromatic heterocycles. The quantitative estimate of drug-likeness (QED) is 0.662. The molecule has 0 N–H and O–H groups in total. The Morgan fingerprint density at radius 3 is 2.12 bits per heavy atom. The minimum atomic E-state index is 0.423.